The molecule has 1 saturated heterocycles. The Morgan fingerprint density at radius 3 is 2.52 bits per heavy atom. The number of nitrogens with zero attached hydrogens (tertiary/aromatic N) is 4. The van der Waals surface area contributed by atoms with Crippen LogP contribution in [0.5, 0.6) is 0 Å². The number of benzene rings is 2. The monoisotopic (exact) mass is 652 g/mol. The highest BCUT2D eigenvalue weighted by atomic mass is 35.5. The molecule has 3 heterocycles. The molecule has 1 fully saturated rings. The normalized spacial score (nSPS) is 15.6. The number of fused-ring (bicyclic) bond motifs is 1. The lowest BCUT2D eigenvalue weighted by atomic mass is 9.98. The van der Waals surface area contributed by atoms with E-state index in [1.807, 2.05) is 19.2 Å². The number of rotatable bonds is 8. The standard InChI is InChI=1S/C32H35Cl2FN8S/c1-18-28(40-17-44-18)31(27(37)16-38-20-7-9-43(10-8-20)32(2,3)4)42-22-11-23-29(41-21-5-6-26(35)24(33)12-21)19(14-36)15-39-30(23)25(34)13-22/h5-6,11-13,15-17,20,31,38,42H,7-10,37H2,1-4H3,(H,39,41). The number of piperidine rings is 1. The van der Waals surface area contributed by atoms with Gasteiger partial charge in [0.2, 0.25) is 0 Å². The van der Waals surface area contributed by atoms with E-state index in [1.165, 1.54) is 18.3 Å². The molecule has 0 saturated carbocycles. The number of anilines is 3. The molecule has 230 valence electrons. The summed E-state index contributed by atoms with van der Waals surface area (Å²) in [5.74, 6) is -0.536. The van der Waals surface area contributed by atoms with Gasteiger partial charge in [-0.05, 0) is 70.9 Å². The molecule has 0 bridgehead atoms. The number of hydrogen-bond acceptors (Lipinski definition) is 9. The van der Waals surface area contributed by atoms with E-state index >= 15 is 0 Å². The molecule has 44 heavy (non-hydrogen) atoms. The molecule has 0 amide bonds. The molecule has 1 aliphatic heterocycles. The zero-order chi connectivity index (χ0) is 31.6. The molecule has 12 heteroatoms. The van der Waals surface area contributed by atoms with Crippen molar-refractivity contribution in [3.63, 3.8) is 0 Å². The highest BCUT2D eigenvalue weighted by Crippen LogP contribution is 2.37. The quantitative estimate of drug-likeness (QED) is 0.152. The Morgan fingerprint density at radius 2 is 1.89 bits per heavy atom. The van der Waals surface area contributed by atoms with Crippen molar-refractivity contribution >= 4 is 62.5 Å². The molecule has 1 aliphatic rings. The van der Waals surface area contributed by atoms with Crippen molar-refractivity contribution in [2.24, 2.45) is 5.73 Å². The zero-order valence-electron chi connectivity index (χ0n) is 25.0. The van der Waals surface area contributed by atoms with Crippen LogP contribution in [0.15, 0.2) is 53.9 Å². The molecule has 4 aromatic rings. The lowest BCUT2D eigenvalue weighted by Crippen LogP contribution is -2.49. The molecule has 5 N–H and O–H groups in total. The maximum absolute atomic E-state index is 13.8. The first-order valence-electron chi connectivity index (χ1n) is 14.3. The number of aromatic nitrogens is 2. The van der Waals surface area contributed by atoms with Crippen LogP contribution in [0, 0.1) is 24.1 Å². The third kappa shape index (κ3) is 7.02. The Balaban J connectivity index is 1.46. The summed E-state index contributed by atoms with van der Waals surface area (Å²) >= 11 is 14.3. The molecular weight excluding hydrogens is 618 g/mol. The molecule has 0 aliphatic carbocycles. The minimum Gasteiger partial charge on any atom is -0.399 e. The maximum atomic E-state index is 13.8. The van der Waals surface area contributed by atoms with E-state index in [-0.39, 0.29) is 10.6 Å². The smallest absolute Gasteiger partial charge is 0.141 e. The zero-order valence-corrected chi connectivity index (χ0v) is 27.3. The van der Waals surface area contributed by atoms with Crippen LogP contribution in [0.4, 0.5) is 21.5 Å². The van der Waals surface area contributed by atoms with Crippen molar-refractivity contribution in [1.82, 2.24) is 20.2 Å². The first-order chi connectivity index (χ1) is 20.9. The summed E-state index contributed by atoms with van der Waals surface area (Å²) in [7, 11) is 0. The Kier molecular flexibility index (Phi) is 9.51. The van der Waals surface area contributed by atoms with Crippen molar-refractivity contribution in [3.05, 3.63) is 85.9 Å². The second-order valence-electron chi connectivity index (χ2n) is 11.9. The van der Waals surface area contributed by atoms with Gasteiger partial charge in [0.15, 0.2) is 0 Å². The number of nitriles is 1. The number of nitrogens with one attached hydrogen (secondary N) is 3. The highest BCUT2D eigenvalue weighted by molar-refractivity contribution is 7.09. The van der Waals surface area contributed by atoms with Gasteiger partial charge in [0.1, 0.15) is 17.9 Å². The maximum Gasteiger partial charge on any atom is 0.141 e. The number of pyridine rings is 1. The number of aryl methyl sites for hydroxylation is 1. The van der Waals surface area contributed by atoms with Gasteiger partial charge in [-0.15, -0.1) is 11.3 Å². The van der Waals surface area contributed by atoms with Crippen LogP contribution < -0.4 is 21.7 Å². The molecule has 1 unspecified atom stereocenters. The Labute approximate surface area is 271 Å². The van der Waals surface area contributed by atoms with Crippen molar-refractivity contribution < 1.29 is 4.39 Å². The molecule has 1 atom stereocenters. The van der Waals surface area contributed by atoms with Gasteiger partial charge in [-0.1, -0.05) is 23.2 Å². The lowest BCUT2D eigenvalue weighted by molar-refractivity contribution is 0.0988. The van der Waals surface area contributed by atoms with Gasteiger partial charge in [0.05, 0.1) is 43.7 Å². The minimum absolute atomic E-state index is 0.0376. The second kappa shape index (κ2) is 13.2. The van der Waals surface area contributed by atoms with Gasteiger partial charge in [-0.2, -0.15) is 5.26 Å². The van der Waals surface area contributed by atoms with E-state index < -0.39 is 11.9 Å². The number of likely N-dealkylation sites (tertiary alicyclic amines) is 1. The van der Waals surface area contributed by atoms with E-state index in [1.54, 1.807) is 29.0 Å². The molecule has 8 nitrogen and oxygen atoms in total. The van der Waals surface area contributed by atoms with Crippen LogP contribution in [-0.4, -0.2) is 39.5 Å². The Hall–Kier alpha value is -3.62. The summed E-state index contributed by atoms with van der Waals surface area (Å²) in [6, 6.07) is 9.96. The van der Waals surface area contributed by atoms with Crippen LogP contribution >= 0.6 is 34.5 Å². The summed E-state index contributed by atoms with van der Waals surface area (Å²) in [4.78, 5) is 12.6. The highest BCUT2D eigenvalue weighted by Gasteiger charge is 2.27. The van der Waals surface area contributed by atoms with E-state index in [4.69, 9.17) is 28.9 Å². The van der Waals surface area contributed by atoms with Crippen LogP contribution in [0.1, 0.15) is 55.8 Å². The molecular formula is C32H35Cl2FN8S. The molecule has 2 aromatic heterocycles. The largest absolute Gasteiger partial charge is 0.399 e. The van der Waals surface area contributed by atoms with Crippen LogP contribution in [0.2, 0.25) is 10.0 Å². The van der Waals surface area contributed by atoms with Crippen molar-refractivity contribution in [3.8, 4) is 6.07 Å². The second-order valence-corrected chi connectivity index (χ2v) is 13.8. The van der Waals surface area contributed by atoms with Gasteiger partial charge >= 0.3 is 0 Å². The fraction of sp³-hybridized carbons (Fsp3) is 0.344. The number of nitrogens with two attached hydrogens (primary N) is 1. The fourth-order valence-electron chi connectivity index (χ4n) is 5.36. The van der Waals surface area contributed by atoms with Gasteiger partial charge in [0.25, 0.3) is 0 Å². The average Bonchev–Trinajstić information content (AvgIpc) is 3.41. The molecule has 0 spiro atoms. The van der Waals surface area contributed by atoms with Crippen molar-refractivity contribution in [1.29, 1.82) is 5.26 Å². The third-order valence-corrected chi connectivity index (χ3v) is 9.21. The third-order valence-electron chi connectivity index (χ3n) is 7.86. The molecule has 0 radical (unpaired) electrons. The average molecular weight is 654 g/mol. The van der Waals surface area contributed by atoms with Gasteiger partial charge in [-0.25, -0.2) is 9.37 Å². The van der Waals surface area contributed by atoms with Crippen molar-refractivity contribution in [2.45, 2.75) is 58.2 Å². The number of hydrogen-bond donors (Lipinski definition) is 4. The summed E-state index contributed by atoms with van der Waals surface area (Å²) < 4.78 is 13.8. The minimum atomic E-state index is -0.536. The van der Waals surface area contributed by atoms with Gasteiger partial charge in [-0.3, -0.25) is 9.88 Å². The Morgan fingerprint density at radius 1 is 1.16 bits per heavy atom. The van der Waals surface area contributed by atoms with Crippen LogP contribution in [-0.2, 0) is 0 Å². The van der Waals surface area contributed by atoms with E-state index in [9.17, 15) is 9.65 Å². The Bertz CT molecular complexity index is 1730. The molecule has 2 aromatic carbocycles. The summed E-state index contributed by atoms with van der Waals surface area (Å²) in [5, 5.41) is 21.1. The van der Waals surface area contributed by atoms with Gasteiger partial charge < -0.3 is 21.7 Å². The van der Waals surface area contributed by atoms with E-state index in [2.05, 4.69) is 57.7 Å². The SMILES string of the molecule is Cc1scnc1C(Nc1cc(Cl)c2ncc(C#N)c(Nc3ccc(F)c(Cl)c3)c2c1)C(N)=CNC1CCN(C(C)(C)C)CC1. The lowest BCUT2D eigenvalue weighted by Gasteiger charge is -2.41. The first kappa shape index (κ1) is 31.8. The fourth-order valence-corrected chi connectivity index (χ4v) is 6.43. The number of thiazole rings is 1. The predicted molar refractivity (Wildman–Crippen MR) is 179 cm³/mol. The summed E-state index contributed by atoms with van der Waals surface area (Å²) in [5.41, 5.74) is 12.5. The number of halogens is 3. The topological polar surface area (TPSA) is 115 Å². The van der Waals surface area contributed by atoms with Crippen molar-refractivity contribution in [2.75, 3.05) is 23.7 Å². The van der Waals surface area contributed by atoms with E-state index in [0.29, 0.717) is 50.3 Å². The van der Waals surface area contributed by atoms with E-state index in [0.717, 1.165) is 36.5 Å². The summed E-state index contributed by atoms with van der Waals surface area (Å²) in [6.07, 6.45) is 5.39. The molecule has 5 rings (SSSR count). The first-order valence-corrected chi connectivity index (χ1v) is 16.0. The van der Waals surface area contributed by atoms with Crippen LogP contribution in [0.25, 0.3) is 10.9 Å². The summed E-state index contributed by atoms with van der Waals surface area (Å²) in [6.45, 7) is 10.8. The van der Waals surface area contributed by atoms with Crippen LogP contribution in [0.3, 0.4) is 0 Å². The predicted octanol–water partition coefficient (Wildman–Crippen LogP) is 7.87. The van der Waals surface area contributed by atoms with Gasteiger partial charge in [0, 0.05) is 58.7 Å².